The molecule has 5 heterocycles. The zero-order valence-corrected chi connectivity index (χ0v) is 21.6. The summed E-state index contributed by atoms with van der Waals surface area (Å²) < 4.78 is 7.08. The lowest BCUT2D eigenvalue weighted by molar-refractivity contribution is 0.102. The zero-order chi connectivity index (χ0) is 23.5. The van der Waals surface area contributed by atoms with Crippen molar-refractivity contribution in [3.05, 3.63) is 72.4 Å². The fourth-order valence-corrected chi connectivity index (χ4v) is 3.91. The average molecular weight is 528 g/mol. The molecule has 0 spiro atoms. The number of amides is 1. The first-order valence-electron chi connectivity index (χ1n) is 11.1. The number of carbonyl (C=O) groups is 1. The molecule has 36 heavy (non-hydrogen) atoms. The highest BCUT2D eigenvalue weighted by Crippen LogP contribution is 2.27. The monoisotopic (exact) mass is 527 g/mol. The van der Waals surface area contributed by atoms with Gasteiger partial charge in [0.15, 0.2) is 0 Å². The molecule has 0 radical (unpaired) electrons. The topological polar surface area (TPSA) is 98.1 Å². The van der Waals surface area contributed by atoms with Gasteiger partial charge in [-0.3, -0.25) is 19.4 Å². The third kappa shape index (κ3) is 5.99. The van der Waals surface area contributed by atoms with Gasteiger partial charge in [-0.25, -0.2) is 4.98 Å². The van der Waals surface area contributed by atoms with Crippen LogP contribution in [-0.2, 0) is 11.8 Å². The molecule has 1 aliphatic heterocycles. The van der Waals surface area contributed by atoms with Crippen LogP contribution in [0.2, 0.25) is 0 Å². The summed E-state index contributed by atoms with van der Waals surface area (Å²) in [4.78, 5) is 28.7. The first-order chi connectivity index (χ1) is 16.6. The van der Waals surface area contributed by atoms with Gasteiger partial charge in [0.1, 0.15) is 11.4 Å². The van der Waals surface area contributed by atoms with Crippen LogP contribution >= 0.6 is 24.8 Å². The first-order valence-corrected chi connectivity index (χ1v) is 11.1. The molecule has 0 aromatic carbocycles. The van der Waals surface area contributed by atoms with E-state index in [-0.39, 0.29) is 30.7 Å². The maximum Gasteiger partial charge on any atom is 0.274 e. The molecule has 1 saturated heterocycles. The van der Waals surface area contributed by atoms with Gasteiger partial charge in [-0.05, 0) is 42.8 Å². The van der Waals surface area contributed by atoms with E-state index >= 15 is 0 Å². The number of morpholine rings is 1. The van der Waals surface area contributed by atoms with Crippen LogP contribution in [0.4, 0.5) is 11.4 Å². The molecule has 0 bridgehead atoms. The van der Waals surface area contributed by atoms with Crippen LogP contribution < -0.4 is 10.2 Å². The molecule has 0 aliphatic carbocycles. The maximum atomic E-state index is 13.1. The highest BCUT2D eigenvalue weighted by atomic mass is 35.5. The second-order valence-corrected chi connectivity index (χ2v) is 8.18. The largest absolute Gasteiger partial charge is 0.378 e. The van der Waals surface area contributed by atoms with Crippen molar-refractivity contribution in [1.82, 2.24) is 24.7 Å². The Kier molecular flexibility index (Phi) is 8.98. The molecule has 9 nitrogen and oxygen atoms in total. The molecule has 1 N–H and O–H groups in total. The fourth-order valence-electron chi connectivity index (χ4n) is 3.91. The number of pyridine rings is 3. The third-order valence-electron chi connectivity index (χ3n) is 5.60. The van der Waals surface area contributed by atoms with Crippen LogP contribution in [0, 0.1) is 6.92 Å². The standard InChI is InChI=1S/C25H25N7O2.2ClH/c1-17-12-18(14-26-13-17)20-4-3-5-22(28-20)25(33)29-23-16-31(2)30-24(23)21-7-6-19(15-27-21)32-8-10-34-11-9-32;;/h3-7,12-16H,8-11H2,1-2H3,(H,29,33);2*1H. The normalized spacial score (nSPS) is 12.9. The molecule has 11 heteroatoms. The quantitative estimate of drug-likeness (QED) is 0.415. The second kappa shape index (κ2) is 11.9. The number of hydrogen-bond acceptors (Lipinski definition) is 7. The van der Waals surface area contributed by atoms with Gasteiger partial charge in [-0.1, -0.05) is 6.07 Å². The molecule has 1 fully saturated rings. The molecule has 4 aromatic heterocycles. The van der Waals surface area contributed by atoms with Crippen LogP contribution in [0.1, 0.15) is 16.1 Å². The lowest BCUT2D eigenvalue weighted by Gasteiger charge is -2.28. The highest BCUT2D eigenvalue weighted by molar-refractivity contribution is 6.04. The number of rotatable bonds is 5. The van der Waals surface area contributed by atoms with E-state index in [1.807, 2.05) is 50.5 Å². The van der Waals surface area contributed by atoms with E-state index in [4.69, 9.17) is 4.74 Å². The number of ether oxygens (including phenoxy) is 1. The third-order valence-corrected chi connectivity index (χ3v) is 5.60. The minimum absolute atomic E-state index is 0. The van der Waals surface area contributed by atoms with Crippen LogP contribution in [0.25, 0.3) is 22.6 Å². The van der Waals surface area contributed by atoms with Crippen molar-refractivity contribution in [2.45, 2.75) is 6.92 Å². The summed E-state index contributed by atoms with van der Waals surface area (Å²) in [6, 6.07) is 11.3. The van der Waals surface area contributed by atoms with Crippen LogP contribution in [0.5, 0.6) is 0 Å². The smallest absolute Gasteiger partial charge is 0.274 e. The minimum Gasteiger partial charge on any atom is -0.378 e. The summed E-state index contributed by atoms with van der Waals surface area (Å²) in [5, 5.41) is 7.47. The summed E-state index contributed by atoms with van der Waals surface area (Å²) in [6.45, 7) is 5.09. The van der Waals surface area contributed by atoms with Gasteiger partial charge in [0, 0.05) is 44.3 Å². The Morgan fingerprint density at radius 1 is 1.03 bits per heavy atom. The second-order valence-electron chi connectivity index (χ2n) is 8.18. The fraction of sp³-hybridized carbons (Fsp3) is 0.240. The van der Waals surface area contributed by atoms with E-state index in [2.05, 4.69) is 30.3 Å². The molecule has 5 rings (SSSR count). The van der Waals surface area contributed by atoms with Gasteiger partial charge < -0.3 is 15.0 Å². The molecule has 188 valence electrons. The van der Waals surface area contributed by atoms with Crippen molar-refractivity contribution in [3.8, 4) is 22.6 Å². The van der Waals surface area contributed by atoms with Crippen molar-refractivity contribution in [2.24, 2.45) is 7.05 Å². The Morgan fingerprint density at radius 2 is 1.83 bits per heavy atom. The number of carbonyl (C=O) groups excluding carboxylic acids is 1. The lowest BCUT2D eigenvalue weighted by Crippen LogP contribution is -2.36. The number of nitrogens with one attached hydrogen (secondary N) is 1. The molecular weight excluding hydrogens is 501 g/mol. The number of hydrogen-bond donors (Lipinski definition) is 1. The lowest BCUT2D eigenvalue weighted by atomic mass is 10.1. The Morgan fingerprint density at radius 3 is 2.56 bits per heavy atom. The van der Waals surface area contributed by atoms with Gasteiger partial charge in [0.05, 0.1) is 42.2 Å². The Hall–Kier alpha value is -3.53. The van der Waals surface area contributed by atoms with E-state index < -0.39 is 0 Å². The van der Waals surface area contributed by atoms with E-state index in [1.54, 1.807) is 29.3 Å². The molecule has 4 aromatic rings. The van der Waals surface area contributed by atoms with E-state index in [0.29, 0.717) is 41.7 Å². The number of nitrogens with zero attached hydrogens (tertiary/aromatic N) is 6. The minimum atomic E-state index is -0.318. The van der Waals surface area contributed by atoms with E-state index in [1.165, 1.54) is 0 Å². The van der Waals surface area contributed by atoms with Gasteiger partial charge >= 0.3 is 0 Å². The number of anilines is 2. The Balaban J connectivity index is 0.00000180. The first kappa shape index (κ1) is 27.1. The molecule has 0 atom stereocenters. The molecule has 1 aliphatic rings. The van der Waals surface area contributed by atoms with Gasteiger partial charge in [-0.2, -0.15) is 5.10 Å². The zero-order valence-electron chi connectivity index (χ0n) is 19.9. The van der Waals surface area contributed by atoms with E-state index in [9.17, 15) is 4.79 Å². The van der Waals surface area contributed by atoms with Crippen molar-refractivity contribution in [2.75, 3.05) is 36.5 Å². The van der Waals surface area contributed by atoms with Crippen LogP contribution in [-0.4, -0.2) is 56.9 Å². The summed E-state index contributed by atoms with van der Waals surface area (Å²) in [6.07, 6.45) is 7.12. The predicted octanol–water partition coefficient (Wildman–Crippen LogP) is 4.18. The molecule has 0 saturated carbocycles. The van der Waals surface area contributed by atoms with Gasteiger partial charge in [0.25, 0.3) is 5.91 Å². The molecule has 1 amide bonds. The molecule has 0 unspecified atom stereocenters. The van der Waals surface area contributed by atoms with Crippen LogP contribution in [0.3, 0.4) is 0 Å². The summed E-state index contributed by atoms with van der Waals surface area (Å²) >= 11 is 0. The number of aromatic nitrogens is 5. The summed E-state index contributed by atoms with van der Waals surface area (Å²) in [7, 11) is 1.81. The highest BCUT2D eigenvalue weighted by Gasteiger charge is 2.18. The van der Waals surface area contributed by atoms with E-state index in [0.717, 1.165) is 29.9 Å². The Labute approximate surface area is 221 Å². The van der Waals surface area contributed by atoms with Crippen molar-refractivity contribution < 1.29 is 9.53 Å². The number of halogens is 2. The van der Waals surface area contributed by atoms with Gasteiger partial charge in [0.2, 0.25) is 0 Å². The van der Waals surface area contributed by atoms with Crippen molar-refractivity contribution in [1.29, 1.82) is 0 Å². The average Bonchev–Trinajstić information content (AvgIpc) is 3.24. The van der Waals surface area contributed by atoms with Crippen LogP contribution in [0.15, 0.2) is 61.2 Å². The van der Waals surface area contributed by atoms with Crippen molar-refractivity contribution in [3.63, 3.8) is 0 Å². The summed E-state index contributed by atoms with van der Waals surface area (Å²) in [5.74, 6) is -0.318. The SMILES string of the molecule is Cc1cncc(-c2cccc(C(=O)Nc3cn(C)nc3-c3ccc(N4CCOCC4)cn3)n2)c1.Cl.Cl. The summed E-state index contributed by atoms with van der Waals surface area (Å²) in [5.41, 5.74) is 5.79. The van der Waals surface area contributed by atoms with Gasteiger partial charge in [-0.15, -0.1) is 24.8 Å². The predicted molar refractivity (Wildman–Crippen MR) is 144 cm³/mol. The number of aryl methyl sites for hydroxylation is 2. The maximum absolute atomic E-state index is 13.1. The molecular formula is C25H27Cl2N7O2. The van der Waals surface area contributed by atoms with Crippen molar-refractivity contribution >= 4 is 42.1 Å². The Bertz CT molecular complexity index is 1320.